The first-order chi connectivity index (χ1) is 12.8. The fraction of sp³-hybridized carbons (Fsp3) is 0.286. The Morgan fingerprint density at radius 2 is 1.74 bits per heavy atom. The minimum absolute atomic E-state index is 0.0449. The summed E-state index contributed by atoms with van der Waals surface area (Å²) in [5, 5.41) is 2.67. The van der Waals surface area contributed by atoms with Crippen molar-refractivity contribution in [2.75, 3.05) is 11.1 Å². The molecule has 0 unspecified atom stereocenters. The molecule has 2 rings (SSSR count). The summed E-state index contributed by atoms with van der Waals surface area (Å²) in [5.74, 6) is -0.780. The molecular formula is C21H23NO4S. The van der Waals surface area contributed by atoms with E-state index in [9.17, 15) is 14.4 Å². The van der Waals surface area contributed by atoms with Crippen LogP contribution in [0, 0.1) is 13.8 Å². The monoisotopic (exact) mass is 385 g/mol. The number of benzene rings is 2. The van der Waals surface area contributed by atoms with E-state index in [1.165, 1.54) is 25.6 Å². The van der Waals surface area contributed by atoms with Crippen LogP contribution in [-0.4, -0.2) is 29.5 Å². The van der Waals surface area contributed by atoms with Gasteiger partial charge in [0.2, 0.25) is 0 Å². The number of rotatable bonds is 7. The number of anilines is 1. The van der Waals surface area contributed by atoms with Gasteiger partial charge in [0, 0.05) is 16.1 Å². The number of hydrogen-bond acceptors (Lipinski definition) is 5. The van der Waals surface area contributed by atoms with Gasteiger partial charge in [-0.05, 0) is 63.6 Å². The molecule has 0 bridgehead atoms. The molecule has 0 spiro atoms. The van der Waals surface area contributed by atoms with Crippen molar-refractivity contribution < 1.29 is 19.1 Å². The van der Waals surface area contributed by atoms with Crippen LogP contribution in [0.15, 0.2) is 47.4 Å². The average Bonchev–Trinajstić information content (AvgIpc) is 2.62. The van der Waals surface area contributed by atoms with Crippen molar-refractivity contribution in [3.8, 4) is 0 Å². The summed E-state index contributed by atoms with van der Waals surface area (Å²) in [5.41, 5.74) is 3.33. The van der Waals surface area contributed by atoms with Crippen LogP contribution in [-0.2, 0) is 14.3 Å². The SMILES string of the molecule is CC(=O)c1ccc(NC(=O)[C@H](C)OC(=O)CSc2cc(C)ccc2C)cc1. The van der Waals surface area contributed by atoms with Crippen LogP contribution in [0.25, 0.3) is 0 Å². The van der Waals surface area contributed by atoms with E-state index in [4.69, 9.17) is 4.74 Å². The Kier molecular flexibility index (Phi) is 7.19. The zero-order valence-corrected chi connectivity index (χ0v) is 16.7. The first kappa shape index (κ1) is 20.7. The minimum atomic E-state index is -0.913. The summed E-state index contributed by atoms with van der Waals surface area (Å²) < 4.78 is 5.21. The Balaban J connectivity index is 1.85. The zero-order valence-electron chi connectivity index (χ0n) is 15.9. The number of ketones is 1. The highest BCUT2D eigenvalue weighted by Crippen LogP contribution is 2.23. The molecule has 6 heteroatoms. The van der Waals surface area contributed by atoms with Crippen molar-refractivity contribution in [3.05, 3.63) is 59.2 Å². The third-order valence-electron chi connectivity index (χ3n) is 3.93. The fourth-order valence-corrected chi connectivity index (χ4v) is 3.22. The van der Waals surface area contributed by atoms with Gasteiger partial charge in [-0.25, -0.2) is 0 Å². The van der Waals surface area contributed by atoms with Crippen molar-refractivity contribution in [3.63, 3.8) is 0 Å². The van der Waals surface area contributed by atoms with Crippen molar-refractivity contribution in [2.24, 2.45) is 0 Å². The van der Waals surface area contributed by atoms with E-state index >= 15 is 0 Å². The molecule has 1 N–H and O–H groups in total. The molecule has 1 atom stereocenters. The molecule has 0 aliphatic heterocycles. The predicted octanol–water partition coefficient (Wildman–Crippen LogP) is 4.17. The summed E-state index contributed by atoms with van der Waals surface area (Å²) in [7, 11) is 0. The third-order valence-corrected chi connectivity index (χ3v) is 5.06. The van der Waals surface area contributed by atoms with Gasteiger partial charge < -0.3 is 10.1 Å². The van der Waals surface area contributed by atoms with Gasteiger partial charge in [-0.2, -0.15) is 0 Å². The van der Waals surface area contributed by atoms with E-state index in [1.54, 1.807) is 24.3 Å². The molecule has 0 saturated heterocycles. The second-order valence-electron chi connectivity index (χ2n) is 6.31. The van der Waals surface area contributed by atoms with Crippen molar-refractivity contribution in [1.29, 1.82) is 0 Å². The number of ether oxygens (including phenoxy) is 1. The Hall–Kier alpha value is -2.60. The molecule has 0 aliphatic carbocycles. The number of thioether (sulfide) groups is 1. The molecule has 0 heterocycles. The van der Waals surface area contributed by atoms with Gasteiger partial charge in [0.1, 0.15) is 0 Å². The molecule has 27 heavy (non-hydrogen) atoms. The molecule has 1 amide bonds. The average molecular weight is 385 g/mol. The van der Waals surface area contributed by atoms with Crippen LogP contribution >= 0.6 is 11.8 Å². The molecule has 142 valence electrons. The van der Waals surface area contributed by atoms with E-state index in [0.717, 1.165) is 16.0 Å². The van der Waals surface area contributed by atoms with Gasteiger partial charge in [-0.15, -0.1) is 11.8 Å². The Bertz CT molecular complexity index is 846. The van der Waals surface area contributed by atoms with Crippen LogP contribution in [0.1, 0.15) is 35.3 Å². The molecule has 2 aromatic carbocycles. The van der Waals surface area contributed by atoms with Crippen LogP contribution in [0.4, 0.5) is 5.69 Å². The Morgan fingerprint density at radius 1 is 1.07 bits per heavy atom. The molecule has 2 aromatic rings. The van der Waals surface area contributed by atoms with Gasteiger partial charge in [0.25, 0.3) is 5.91 Å². The van der Waals surface area contributed by atoms with Crippen LogP contribution in [0.2, 0.25) is 0 Å². The lowest BCUT2D eigenvalue weighted by Gasteiger charge is -2.14. The van der Waals surface area contributed by atoms with Gasteiger partial charge in [-0.1, -0.05) is 17.7 Å². The topological polar surface area (TPSA) is 72.5 Å². The lowest BCUT2D eigenvalue weighted by Crippen LogP contribution is -2.30. The third kappa shape index (κ3) is 6.25. The Morgan fingerprint density at radius 3 is 2.37 bits per heavy atom. The normalized spacial score (nSPS) is 11.6. The lowest BCUT2D eigenvalue weighted by atomic mass is 10.1. The summed E-state index contributed by atoms with van der Waals surface area (Å²) in [6.45, 7) is 6.99. The highest BCUT2D eigenvalue weighted by atomic mass is 32.2. The predicted molar refractivity (Wildman–Crippen MR) is 107 cm³/mol. The van der Waals surface area contributed by atoms with Gasteiger partial charge in [0.05, 0.1) is 5.75 Å². The van der Waals surface area contributed by atoms with Gasteiger partial charge in [-0.3, -0.25) is 14.4 Å². The van der Waals surface area contributed by atoms with E-state index < -0.39 is 18.0 Å². The highest BCUT2D eigenvalue weighted by molar-refractivity contribution is 8.00. The summed E-state index contributed by atoms with van der Waals surface area (Å²) >= 11 is 1.39. The molecule has 0 radical (unpaired) electrons. The van der Waals surface area contributed by atoms with Crippen molar-refractivity contribution >= 4 is 35.1 Å². The van der Waals surface area contributed by atoms with Crippen LogP contribution < -0.4 is 5.32 Å². The highest BCUT2D eigenvalue weighted by Gasteiger charge is 2.18. The van der Waals surface area contributed by atoms with Crippen LogP contribution in [0.5, 0.6) is 0 Å². The van der Waals surface area contributed by atoms with Gasteiger partial charge in [0.15, 0.2) is 11.9 Å². The number of esters is 1. The summed E-state index contributed by atoms with van der Waals surface area (Å²) in [6.07, 6.45) is -0.913. The van der Waals surface area contributed by atoms with Crippen molar-refractivity contribution in [1.82, 2.24) is 0 Å². The lowest BCUT2D eigenvalue weighted by molar-refractivity contribution is -0.150. The van der Waals surface area contributed by atoms with Crippen molar-refractivity contribution in [2.45, 2.75) is 38.7 Å². The van der Waals surface area contributed by atoms with E-state index in [-0.39, 0.29) is 11.5 Å². The number of carbonyl (C=O) groups excluding carboxylic acids is 3. The van der Waals surface area contributed by atoms with Crippen LogP contribution in [0.3, 0.4) is 0 Å². The molecular weight excluding hydrogens is 362 g/mol. The largest absolute Gasteiger partial charge is 0.452 e. The smallest absolute Gasteiger partial charge is 0.317 e. The van der Waals surface area contributed by atoms with Gasteiger partial charge >= 0.3 is 5.97 Å². The van der Waals surface area contributed by atoms with E-state index in [1.807, 2.05) is 32.0 Å². The summed E-state index contributed by atoms with van der Waals surface area (Å²) in [6, 6.07) is 12.6. The zero-order chi connectivity index (χ0) is 20.0. The van der Waals surface area contributed by atoms with E-state index in [2.05, 4.69) is 5.32 Å². The number of hydrogen-bond donors (Lipinski definition) is 1. The minimum Gasteiger partial charge on any atom is -0.452 e. The van der Waals surface area contributed by atoms with E-state index in [0.29, 0.717) is 11.3 Å². The molecule has 0 aliphatic rings. The summed E-state index contributed by atoms with van der Waals surface area (Å²) in [4.78, 5) is 36.5. The molecule has 0 saturated carbocycles. The quantitative estimate of drug-likeness (QED) is 0.440. The maximum atomic E-state index is 12.2. The maximum Gasteiger partial charge on any atom is 0.317 e. The fourth-order valence-electron chi connectivity index (χ4n) is 2.32. The number of nitrogens with one attached hydrogen (secondary N) is 1. The molecule has 0 aromatic heterocycles. The maximum absolute atomic E-state index is 12.2. The standard InChI is InChI=1S/C21H23NO4S/c1-13-5-6-14(2)19(11-13)27-12-20(24)26-16(4)21(25)22-18-9-7-17(8-10-18)15(3)23/h5-11,16H,12H2,1-4H3,(H,22,25)/t16-/m0/s1. The molecule has 5 nitrogen and oxygen atoms in total. The number of Topliss-reactive ketones (excluding diaryl/α,β-unsaturated/α-hetero) is 1. The number of aryl methyl sites for hydroxylation is 2. The first-order valence-electron chi connectivity index (χ1n) is 8.57. The number of carbonyl (C=O) groups is 3. The second kappa shape index (κ2) is 9.37. The number of amides is 1. The molecule has 0 fully saturated rings. The first-order valence-corrected chi connectivity index (χ1v) is 9.56. The Labute approximate surface area is 163 Å². The second-order valence-corrected chi connectivity index (χ2v) is 7.33.